The predicted octanol–water partition coefficient (Wildman–Crippen LogP) is 1.88. The zero-order valence-corrected chi connectivity index (χ0v) is 12.9. The van der Waals surface area contributed by atoms with Crippen molar-refractivity contribution in [3.8, 4) is 0 Å². The molecule has 1 fully saturated rings. The molecule has 0 aliphatic heterocycles. The number of carbonyl (C=O) groups excluding carboxylic acids is 2. The zero-order chi connectivity index (χ0) is 17.6. The van der Waals surface area contributed by atoms with Gasteiger partial charge in [0.2, 0.25) is 5.89 Å². The quantitative estimate of drug-likeness (QED) is 0.756. The summed E-state index contributed by atoms with van der Waals surface area (Å²) in [5.41, 5.74) is 0. The number of aryl methyl sites for hydroxylation is 1. The van der Waals surface area contributed by atoms with Gasteiger partial charge in [-0.3, -0.25) is 9.59 Å². The smallest absolute Gasteiger partial charge is 0.405 e. The van der Waals surface area contributed by atoms with E-state index in [0.717, 1.165) is 25.7 Å². The first-order valence-electron chi connectivity index (χ1n) is 7.65. The molecule has 7 nitrogen and oxygen atoms in total. The minimum absolute atomic E-state index is 0.0984. The van der Waals surface area contributed by atoms with Crippen LogP contribution in [-0.2, 0) is 20.7 Å². The van der Waals surface area contributed by atoms with Crippen molar-refractivity contribution in [3.63, 3.8) is 0 Å². The lowest BCUT2D eigenvalue weighted by atomic mass is 10.1. The number of esters is 1. The summed E-state index contributed by atoms with van der Waals surface area (Å²) in [7, 11) is 0. The molecule has 10 heteroatoms. The van der Waals surface area contributed by atoms with Crippen LogP contribution in [0.3, 0.4) is 0 Å². The Morgan fingerprint density at radius 3 is 2.67 bits per heavy atom. The Kier molecular flexibility index (Phi) is 6.16. The number of rotatable bonds is 7. The second-order valence-corrected chi connectivity index (χ2v) is 5.58. The summed E-state index contributed by atoms with van der Waals surface area (Å²) in [6, 6.07) is 0. The summed E-state index contributed by atoms with van der Waals surface area (Å²) in [5.74, 6) is -0.496. The van der Waals surface area contributed by atoms with Crippen molar-refractivity contribution >= 4 is 11.9 Å². The Balaban J connectivity index is 1.65. The summed E-state index contributed by atoms with van der Waals surface area (Å²) >= 11 is 0. The van der Waals surface area contributed by atoms with Crippen LogP contribution < -0.4 is 5.32 Å². The normalized spacial score (nSPS) is 15.5. The standard InChI is InChI=1S/C14H18F3N3O4/c15-14(16,17)8-18-10(21)7-23-12(22)6-5-11-19-13(20-24-11)9-3-1-2-4-9/h9H,1-8H2,(H,18,21). The number of nitrogens with one attached hydrogen (secondary N) is 1. The van der Waals surface area contributed by atoms with Crippen molar-refractivity contribution in [1.82, 2.24) is 15.5 Å². The van der Waals surface area contributed by atoms with Crippen molar-refractivity contribution in [2.75, 3.05) is 13.2 Å². The summed E-state index contributed by atoms with van der Waals surface area (Å²) in [6.07, 6.45) is -0.132. The molecule has 1 N–H and O–H groups in total. The monoisotopic (exact) mass is 349 g/mol. The molecular formula is C14H18F3N3O4. The lowest BCUT2D eigenvalue weighted by Crippen LogP contribution is -2.36. The number of ether oxygens (including phenoxy) is 1. The van der Waals surface area contributed by atoms with E-state index in [9.17, 15) is 22.8 Å². The number of halogens is 3. The number of amides is 1. The molecule has 1 heterocycles. The summed E-state index contributed by atoms with van der Waals surface area (Å²) in [4.78, 5) is 26.8. The highest BCUT2D eigenvalue weighted by molar-refractivity contribution is 5.80. The van der Waals surface area contributed by atoms with Crippen LogP contribution in [0.2, 0.25) is 0 Å². The maximum Gasteiger partial charge on any atom is 0.405 e. The molecule has 134 valence electrons. The third kappa shape index (κ3) is 6.17. The van der Waals surface area contributed by atoms with Crippen molar-refractivity contribution in [1.29, 1.82) is 0 Å². The number of alkyl halides is 3. The van der Waals surface area contributed by atoms with Crippen LogP contribution in [-0.4, -0.2) is 41.3 Å². The second-order valence-electron chi connectivity index (χ2n) is 5.58. The molecule has 0 saturated heterocycles. The maximum absolute atomic E-state index is 11.9. The Labute approximate surface area is 135 Å². The van der Waals surface area contributed by atoms with Crippen molar-refractivity contribution in [2.24, 2.45) is 0 Å². The van der Waals surface area contributed by atoms with Gasteiger partial charge in [-0.05, 0) is 12.8 Å². The molecule has 1 saturated carbocycles. The minimum atomic E-state index is -4.51. The van der Waals surface area contributed by atoms with E-state index in [4.69, 9.17) is 4.52 Å². The molecule has 1 aromatic rings. The van der Waals surface area contributed by atoms with Gasteiger partial charge in [0, 0.05) is 12.3 Å². The highest BCUT2D eigenvalue weighted by Crippen LogP contribution is 2.32. The van der Waals surface area contributed by atoms with Crippen molar-refractivity contribution in [2.45, 2.75) is 50.6 Å². The van der Waals surface area contributed by atoms with Crippen LogP contribution in [0.5, 0.6) is 0 Å². The van der Waals surface area contributed by atoms with Crippen LogP contribution in [0.15, 0.2) is 4.52 Å². The van der Waals surface area contributed by atoms with Gasteiger partial charge in [0.05, 0.1) is 6.42 Å². The van der Waals surface area contributed by atoms with E-state index in [1.807, 2.05) is 0 Å². The van der Waals surface area contributed by atoms with E-state index in [0.29, 0.717) is 17.6 Å². The van der Waals surface area contributed by atoms with Crippen LogP contribution in [0.1, 0.15) is 49.7 Å². The fourth-order valence-electron chi connectivity index (χ4n) is 2.40. The fourth-order valence-corrected chi connectivity index (χ4v) is 2.40. The highest BCUT2D eigenvalue weighted by Gasteiger charge is 2.28. The van der Waals surface area contributed by atoms with E-state index in [1.165, 1.54) is 0 Å². The number of hydrogen-bond donors (Lipinski definition) is 1. The van der Waals surface area contributed by atoms with Gasteiger partial charge < -0.3 is 14.6 Å². The molecule has 1 aromatic heterocycles. The lowest BCUT2D eigenvalue weighted by Gasteiger charge is -2.08. The van der Waals surface area contributed by atoms with E-state index in [2.05, 4.69) is 14.9 Å². The zero-order valence-electron chi connectivity index (χ0n) is 12.9. The highest BCUT2D eigenvalue weighted by atomic mass is 19.4. The van der Waals surface area contributed by atoms with Crippen molar-refractivity contribution < 1.29 is 32.0 Å². The SMILES string of the molecule is O=C(COC(=O)CCc1nc(C2CCCC2)no1)NCC(F)(F)F. The van der Waals surface area contributed by atoms with E-state index in [1.54, 1.807) is 5.32 Å². The molecule has 0 aromatic carbocycles. The van der Waals surface area contributed by atoms with Gasteiger partial charge >= 0.3 is 12.1 Å². The molecule has 0 radical (unpaired) electrons. The topological polar surface area (TPSA) is 94.3 Å². The molecule has 1 aliphatic rings. The van der Waals surface area contributed by atoms with Crippen LogP contribution in [0.4, 0.5) is 13.2 Å². The number of hydrogen-bond acceptors (Lipinski definition) is 6. The van der Waals surface area contributed by atoms with Gasteiger partial charge in [-0.2, -0.15) is 18.2 Å². The average molecular weight is 349 g/mol. The molecule has 0 spiro atoms. The Morgan fingerprint density at radius 1 is 1.29 bits per heavy atom. The fraction of sp³-hybridized carbons (Fsp3) is 0.714. The third-order valence-corrected chi connectivity index (χ3v) is 3.60. The first-order chi connectivity index (χ1) is 11.3. The third-order valence-electron chi connectivity index (χ3n) is 3.60. The Bertz CT molecular complexity index is 568. The molecular weight excluding hydrogens is 331 g/mol. The Morgan fingerprint density at radius 2 is 2.00 bits per heavy atom. The summed E-state index contributed by atoms with van der Waals surface area (Å²) < 4.78 is 45.3. The van der Waals surface area contributed by atoms with E-state index in [-0.39, 0.29) is 12.8 Å². The van der Waals surface area contributed by atoms with E-state index >= 15 is 0 Å². The largest absolute Gasteiger partial charge is 0.456 e. The summed E-state index contributed by atoms with van der Waals surface area (Å²) in [6.45, 7) is -2.22. The lowest BCUT2D eigenvalue weighted by molar-refractivity contribution is -0.151. The average Bonchev–Trinajstić information content (AvgIpc) is 3.18. The molecule has 1 amide bonds. The summed E-state index contributed by atoms with van der Waals surface area (Å²) in [5, 5.41) is 5.49. The van der Waals surface area contributed by atoms with Gasteiger partial charge in [-0.1, -0.05) is 18.0 Å². The number of carbonyl (C=O) groups is 2. The van der Waals surface area contributed by atoms with Gasteiger partial charge in [0.15, 0.2) is 12.4 Å². The number of nitrogens with zero attached hydrogens (tertiary/aromatic N) is 2. The van der Waals surface area contributed by atoms with Gasteiger partial charge in [-0.25, -0.2) is 0 Å². The second kappa shape index (κ2) is 8.11. The van der Waals surface area contributed by atoms with Crippen LogP contribution in [0.25, 0.3) is 0 Å². The molecule has 0 atom stereocenters. The Hall–Kier alpha value is -2.13. The van der Waals surface area contributed by atoms with E-state index < -0.39 is 31.2 Å². The van der Waals surface area contributed by atoms with Gasteiger partial charge in [0.25, 0.3) is 5.91 Å². The minimum Gasteiger partial charge on any atom is -0.456 e. The first-order valence-corrected chi connectivity index (χ1v) is 7.65. The molecule has 1 aliphatic carbocycles. The molecule has 0 bridgehead atoms. The first kappa shape index (κ1) is 18.2. The van der Waals surface area contributed by atoms with Gasteiger partial charge in [-0.15, -0.1) is 0 Å². The van der Waals surface area contributed by atoms with Crippen molar-refractivity contribution in [3.05, 3.63) is 11.7 Å². The molecule has 2 rings (SSSR count). The van der Waals surface area contributed by atoms with Crippen LogP contribution in [0, 0.1) is 0 Å². The number of aromatic nitrogens is 2. The molecule has 0 unspecified atom stereocenters. The van der Waals surface area contributed by atoms with Crippen LogP contribution >= 0.6 is 0 Å². The maximum atomic E-state index is 11.9. The predicted molar refractivity (Wildman–Crippen MR) is 73.9 cm³/mol. The van der Waals surface area contributed by atoms with Gasteiger partial charge in [0.1, 0.15) is 6.54 Å². The molecule has 24 heavy (non-hydrogen) atoms.